The lowest BCUT2D eigenvalue weighted by Gasteiger charge is -2.41. The number of carbonyl (C=O) groups excluding carboxylic acids is 1. The van der Waals surface area contributed by atoms with Gasteiger partial charge in [0.15, 0.2) is 0 Å². The number of ether oxygens (including phenoxy) is 2. The van der Waals surface area contributed by atoms with Crippen LogP contribution in [-0.2, 0) is 27.9 Å². The normalized spacial score (nSPS) is 25.2. The summed E-state index contributed by atoms with van der Waals surface area (Å²) in [5.74, 6) is -0.490. The van der Waals surface area contributed by atoms with Gasteiger partial charge in [0.2, 0.25) is 0 Å². The highest BCUT2D eigenvalue weighted by Crippen LogP contribution is 2.47. The summed E-state index contributed by atoms with van der Waals surface area (Å²) in [5.41, 5.74) is 0. The number of esters is 1. The third-order valence-corrected chi connectivity index (χ3v) is 9.37. The summed E-state index contributed by atoms with van der Waals surface area (Å²) >= 11 is 0. The van der Waals surface area contributed by atoms with Gasteiger partial charge in [0.1, 0.15) is 42.7 Å². The van der Waals surface area contributed by atoms with Crippen molar-refractivity contribution in [3.05, 3.63) is 12.2 Å². The molecule has 278 valence electrons. The van der Waals surface area contributed by atoms with E-state index in [4.69, 9.17) is 18.5 Å². The maximum absolute atomic E-state index is 12.7. The molecule has 1 aliphatic rings. The lowest BCUT2D eigenvalue weighted by molar-refractivity contribution is -0.220. The van der Waals surface area contributed by atoms with Gasteiger partial charge in [-0.15, -0.1) is 0 Å². The van der Waals surface area contributed by atoms with E-state index in [2.05, 4.69) is 26.0 Å². The highest BCUT2D eigenvalue weighted by atomic mass is 31.2. The van der Waals surface area contributed by atoms with Crippen LogP contribution >= 0.6 is 7.82 Å². The fourth-order valence-corrected chi connectivity index (χ4v) is 6.38. The molecule has 0 aromatic carbocycles. The van der Waals surface area contributed by atoms with Gasteiger partial charge in [0, 0.05) is 13.0 Å². The number of aliphatic hydroxyl groups excluding tert-OH is 5. The van der Waals surface area contributed by atoms with Gasteiger partial charge in [-0.1, -0.05) is 103 Å². The van der Waals surface area contributed by atoms with Gasteiger partial charge in [0.25, 0.3) is 0 Å². The Hall–Kier alpha value is -0.920. The summed E-state index contributed by atoms with van der Waals surface area (Å²) in [6, 6.07) is 0. The molecule has 0 spiro atoms. The molecule has 6 unspecified atom stereocenters. The Bertz CT molecular complexity index is 843. The van der Waals surface area contributed by atoms with Crippen molar-refractivity contribution in [2.45, 2.75) is 179 Å². The Morgan fingerprint density at radius 1 is 0.660 bits per heavy atom. The Morgan fingerprint density at radius 2 is 1.13 bits per heavy atom. The molecule has 0 aliphatic heterocycles. The Kier molecular flexibility index (Phi) is 25.2. The van der Waals surface area contributed by atoms with Crippen LogP contribution in [0.1, 0.15) is 136 Å². The van der Waals surface area contributed by atoms with E-state index < -0.39 is 63.1 Å². The summed E-state index contributed by atoms with van der Waals surface area (Å²) in [7, 11) is -5.00. The van der Waals surface area contributed by atoms with Crippen LogP contribution in [0.3, 0.4) is 0 Å². The van der Waals surface area contributed by atoms with Crippen molar-refractivity contribution in [3.63, 3.8) is 0 Å². The average molecular weight is 697 g/mol. The molecule has 0 aromatic heterocycles. The first-order valence-corrected chi connectivity index (χ1v) is 19.5. The monoisotopic (exact) mass is 696 g/mol. The zero-order valence-corrected chi connectivity index (χ0v) is 29.7. The fraction of sp³-hybridized carbons (Fsp3) is 0.912. The molecule has 0 radical (unpaired) electrons. The second kappa shape index (κ2) is 26.9. The third kappa shape index (κ3) is 20.4. The Balaban J connectivity index is 2.51. The molecular formula is C34H65O12P. The smallest absolute Gasteiger partial charge is 0.457 e. The van der Waals surface area contributed by atoms with Crippen LogP contribution in [0, 0.1) is 0 Å². The minimum absolute atomic E-state index is 0.0769. The van der Waals surface area contributed by atoms with Crippen LogP contribution in [-0.4, -0.2) is 98.9 Å². The number of phosphoric ester groups is 1. The third-order valence-electron chi connectivity index (χ3n) is 8.39. The molecule has 0 saturated heterocycles. The molecule has 13 heteroatoms. The molecule has 12 nitrogen and oxygen atoms in total. The summed E-state index contributed by atoms with van der Waals surface area (Å²) in [5, 5.41) is 49.8. The van der Waals surface area contributed by atoms with Crippen LogP contribution in [0.5, 0.6) is 0 Å². The first-order valence-electron chi connectivity index (χ1n) is 18.0. The van der Waals surface area contributed by atoms with E-state index in [1.54, 1.807) is 0 Å². The van der Waals surface area contributed by atoms with Crippen LogP contribution in [0.2, 0.25) is 0 Å². The molecular weight excluding hydrogens is 631 g/mol. The number of allylic oxidation sites excluding steroid dienone is 2. The predicted octanol–water partition coefficient (Wildman–Crippen LogP) is 5.24. The molecule has 0 amide bonds. The molecule has 1 fully saturated rings. The standard InChI is InChI=1S/C34H65O12P/c1-3-5-7-9-11-13-14-15-16-17-19-21-23-28(35)45-27(25-43-24-22-20-18-12-10-8-6-4-2)26-44-47(41,42)46-34-32(39)30(37)29(36)31(38)33(34)40/h11,13,27,29-34,36-40H,3-10,12,14-26H2,1-2H3,(H,41,42)/b13-11-. The van der Waals surface area contributed by atoms with E-state index in [0.717, 1.165) is 57.8 Å². The average Bonchev–Trinajstić information content (AvgIpc) is 3.05. The fourth-order valence-electron chi connectivity index (χ4n) is 5.41. The minimum atomic E-state index is -5.00. The lowest BCUT2D eigenvalue weighted by atomic mass is 9.85. The van der Waals surface area contributed by atoms with Crippen molar-refractivity contribution >= 4 is 13.8 Å². The van der Waals surface area contributed by atoms with Gasteiger partial charge in [-0.25, -0.2) is 4.57 Å². The molecule has 0 heterocycles. The molecule has 6 N–H and O–H groups in total. The summed E-state index contributed by atoms with van der Waals surface area (Å²) in [6.07, 6.45) is 11.7. The van der Waals surface area contributed by atoms with Crippen molar-refractivity contribution in [1.29, 1.82) is 0 Å². The first-order chi connectivity index (χ1) is 22.5. The molecule has 1 rings (SSSR count). The van der Waals surface area contributed by atoms with Crippen LogP contribution in [0.25, 0.3) is 0 Å². The summed E-state index contributed by atoms with van der Waals surface area (Å²) in [4.78, 5) is 22.9. The number of hydrogen-bond acceptors (Lipinski definition) is 11. The van der Waals surface area contributed by atoms with E-state index in [1.807, 2.05) is 0 Å². The van der Waals surface area contributed by atoms with E-state index in [9.17, 15) is 39.8 Å². The van der Waals surface area contributed by atoms with Gasteiger partial charge in [-0.05, 0) is 38.5 Å². The number of rotatable bonds is 29. The Labute approximate surface area is 282 Å². The quantitative estimate of drug-likeness (QED) is 0.0258. The number of phosphoric acid groups is 1. The highest BCUT2D eigenvalue weighted by Gasteiger charge is 2.51. The SMILES string of the molecule is CCCCC/C=C\CCCCCCCC(=O)OC(COCCCCCCCCCC)COP(=O)(O)OC1C(O)C(O)C(O)C(O)C1O. The number of carbonyl (C=O) groups is 1. The first kappa shape index (κ1) is 44.1. The van der Waals surface area contributed by atoms with Crippen LogP contribution in [0.4, 0.5) is 0 Å². The highest BCUT2D eigenvalue weighted by molar-refractivity contribution is 7.47. The predicted molar refractivity (Wildman–Crippen MR) is 180 cm³/mol. The van der Waals surface area contributed by atoms with E-state index >= 15 is 0 Å². The van der Waals surface area contributed by atoms with Crippen LogP contribution in [0.15, 0.2) is 12.2 Å². The summed E-state index contributed by atoms with van der Waals surface area (Å²) < 4.78 is 33.8. The number of hydrogen-bond donors (Lipinski definition) is 6. The maximum atomic E-state index is 12.7. The van der Waals surface area contributed by atoms with E-state index in [-0.39, 0.29) is 13.0 Å². The van der Waals surface area contributed by atoms with E-state index in [0.29, 0.717) is 13.0 Å². The second-order valence-electron chi connectivity index (χ2n) is 12.7. The molecule has 1 aliphatic carbocycles. The maximum Gasteiger partial charge on any atom is 0.472 e. The van der Waals surface area contributed by atoms with Crippen molar-refractivity contribution in [2.24, 2.45) is 0 Å². The zero-order valence-electron chi connectivity index (χ0n) is 28.8. The molecule has 0 bridgehead atoms. The largest absolute Gasteiger partial charge is 0.472 e. The van der Waals surface area contributed by atoms with E-state index in [1.165, 1.54) is 51.4 Å². The van der Waals surface area contributed by atoms with Crippen molar-refractivity contribution in [1.82, 2.24) is 0 Å². The molecule has 6 atom stereocenters. The topological polar surface area (TPSA) is 192 Å². The second-order valence-corrected chi connectivity index (χ2v) is 14.1. The Morgan fingerprint density at radius 3 is 1.72 bits per heavy atom. The summed E-state index contributed by atoms with van der Waals surface area (Å²) in [6.45, 7) is 4.15. The van der Waals surface area contributed by atoms with Gasteiger partial charge >= 0.3 is 13.8 Å². The van der Waals surface area contributed by atoms with Gasteiger partial charge < -0.3 is 39.9 Å². The van der Waals surface area contributed by atoms with Crippen molar-refractivity contribution in [3.8, 4) is 0 Å². The number of aliphatic hydroxyl groups is 5. The van der Waals surface area contributed by atoms with Gasteiger partial charge in [-0.3, -0.25) is 13.8 Å². The van der Waals surface area contributed by atoms with Crippen molar-refractivity contribution in [2.75, 3.05) is 19.8 Å². The molecule has 0 aromatic rings. The van der Waals surface area contributed by atoms with Crippen LogP contribution < -0.4 is 0 Å². The molecule has 1 saturated carbocycles. The van der Waals surface area contributed by atoms with Gasteiger partial charge in [-0.2, -0.15) is 0 Å². The molecule has 47 heavy (non-hydrogen) atoms. The lowest BCUT2D eigenvalue weighted by Crippen LogP contribution is -2.64. The van der Waals surface area contributed by atoms with Crippen molar-refractivity contribution < 1.29 is 58.3 Å². The zero-order chi connectivity index (χ0) is 34.9. The minimum Gasteiger partial charge on any atom is -0.457 e. The number of unbranched alkanes of at least 4 members (excludes halogenated alkanes) is 15. The van der Waals surface area contributed by atoms with Gasteiger partial charge in [0.05, 0.1) is 13.2 Å².